The SMILES string of the molecule is CN=C1CCN(CCCOc2cc3c(Nc4ccc(F)c(Cl)c4)ncnc3cc2OC)C/C1=C(\C)N. The van der Waals surface area contributed by atoms with Gasteiger partial charge in [0, 0.05) is 67.2 Å². The molecule has 2 heterocycles. The van der Waals surface area contributed by atoms with Crippen LogP contribution >= 0.6 is 11.6 Å². The van der Waals surface area contributed by atoms with Gasteiger partial charge in [0.25, 0.3) is 0 Å². The first-order valence-corrected chi connectivity index (χ1v) is 12.1. The number of fused-ring (bicyclic) bond motifs is 1. The molecular weight excluding hydrogens is 483 g/mol. The highest BCUT2D eigenvalue weighted by Crippen LogP contribution is 2.35. The zero-order valence-corrected chi connectivity index (χ0v) is 21.4. The molecule has 190 valence electrons. The van der Waals surface area contributed by atoms with Gasteiger partial charge in [-0.3, -0.25) is 9.89 Å². The number of anilines is 2. The van der Waals surface area contributed by atoms with E-state index in [0.717, 1.165) is 54.8 Å². The first-order valence-electron chi connectivity index (χ1n) is 11.7. The number of likely N-dealkylation sites (tertiary alicyclic amines) is 1. The Bertz CT molecular complexity index is 1310. The number of ether oxygens (including phenoxy) is 2. The van der Waals surface area contributed by atoms with Crippen molar-refractivity contribution in [3.05, 3.63) is 58.8 Å². The smallest absolute Gasteiger partial charge is 0.162 e. The van der Waals surface area contributed by atoms with Crippen molar-refractivity contribution in [2.75, 3.05) is 45.7 Å². The van der Waals surface area contributed by atoms with Gasteiger partial charge in [0.2, 0.25) is 0 Å². The number of hydrogen-bond acceptors (Lipinski definition) is 8. The summed E-state index contributed by atoms with van der Waals surface area (Å²) < 4.78 is 25.2. The highest BCUT2D eigenvalue weighted by molar-refractivity contribution is 6.31. The number of nitrogens with zero attached hydrogens (tertiary/aromatic N) is 4. The molecule has 1 aliphatic rings. The van der Waals surface area contributed by atoms with Gasteiger partial charge in [-0.1, -0.05) is 11.6 Å². The van der Waals surface area contributed by atoms with Crippen LogP contribution in [0.3, 0.4) is 0 Å². The monoisotopic (exact) mass is 512 g/mol. The Hall–Kier alpha value is -3.43. The van der Waals surface area contributed by atoms with Gasteiger partial charge in [0.05, 0.1) is 24.3 Å². The summed E-state index contributed by atoms with van der Waals surface area (Å²) in [7, 11) is 3.41. The number of halogens is 2. The van der Waals surface area contributed by atoms with E-state index in [1.54, 1.807) is 13.2 Å². The molecular formula is C26H30ClFN6O2. The molecule has 0 atom stereocenters. The van der Waals surface area contributed by atoms with E-state index in [1.165, 1.54) is 18.5 Å². The molecule has 0 saturated carbocycles. The van der Waals surface area contributed by atoms with E-state index in [2.05, 4.69) is 25.2 Å². The molecule has 1 aromatic heterocycles. The molecule has 0 unspecified atom stereocenters. The summed E-state index contributed by atoms with van der Waals surface area (Å²) in [5.74, 6) is 1.25. The number of nitrogens with one attached hydrogen (secondary N) is 1. The second-order valence-electron chi connectivity index (χ2n) is 8.56. The van der Waals surface area contributed by atoms with Crippen LogP contribution in [0.1, 0.15) is 19.8 Å². The predicted molar refractivity (Wildman–Crippen MR) is 142 cm³/mol. The topological polar surface area (TPSA) is 97.9 Å². The van der Waals surface area contributed by atoms with Gasteiger partial charge in [0.1, 0.15) is 18.0 Å². The largest absolute Gasteiger partial charge is 0.493 e. The van der Waals surface area contributed by atoms with Crippen LogP contribution in [0.5, 0.6) is 11.5 Å². The highest BCUT2D eigenvalue weighted by atomic mass is 35.5. The molecule has 0 aliphatic carbocycles. The first-order chi connectivity index (χ1) is 17.4. The Kier molecular flexibility index (Phi) is 8.22. The van der Waals surface area contributed by atoms with E-state index in [-0.39, 0.29) is 5.02 Å². The lowest BCUT2D eigenvalue weighted by molar-refractivity contribution is 0.240. The van der Waals surface area contributed by atoms with Crippen molar-refractivity contribution in [2.45, 2.75) is 19.8 Å². The van der Waals surface area contributed by atoms with Crippen LogP contribution in [-0.2, 0) is 0 Å². The fourth-order valence-corrected chi connectivity index (χ4v) is 4.40. The Morgan fingerprint density at radius 2 is 2.08 bits per heavy atom. The molecule has 0 amide bonds. The second kappa shape index (κ2) is 11.5. The molecule has 1 aliphatic heterocycles. The quantitative estimate of drug-likeness (QED) is 0.412. The molecule has 2 aromatic carbocycles. The van der Waals surface area contributed by atoms with Crippen LogP contribution in [-0.4, -0.2) is 61.0 Å². The number of benzene rings is 2. The summed E-state index contributed by atoms with van der Waals surface area (Å²) in [4.78, 5) is 15.5. The normalized spacial score (nSPS) is 16.9. The Labute approximate surface area is 215 Å². The summed E-state index contributed by atoms with van der Waals surface area (Å²) in [6.45, 7) is 5.07. The second-order valence-corrected chi connectivity index (χ2v) is 8.96. The highest BCUT2D eigenvalue weighted by Gasteiger charge is 2.20. The van der Waals surface area contributed by atoms with E-state index in [0.29, 0.717) is 35.1 Å². The minimum atomic E-state index is -0.482. The van der Waals surface area contributed by atoms with Crippen molar-refractivity contribution in [3.8, 4) is 11.5 Å². The van der Waals surface area contributed by atoms with Gasteiger partial charge in [-0.25, -0.2) is 14.4 Å². The lowest BCUT2D eigenvalue weighted by Crippen LogP contribution is -2.38. The van der Waals surface area contributed by atoms with Crippen molar-refractivity contribution in [3.63, 3.8) is 0 Å². The van der Waals surface area contributed by atoms with Crippen molar-refractivity contribution in [1.29, 1.82) is 0 Å². The maximum absolute atomic E-state index is 13.5. The molecule has 10 heteroatoms. The molecule has 3 aromatic rings. The minimum absolute atomic E-state index is 0.0280. The number of aromatic nitrogens is 2. The Morgan fingerprint density at radius 3 is 2.81 bits per heavy atom. The summed E-state index contributed by atoms with van der Waals surface area (Å²) >= 11 is 5.93. The Morgan fingerprint density at radius 1 is 1.25 bits per heavy atom. The summed E-state index contributed by atoms with van der Waals surface area (Å²) in [5, 5.41) is 3.95. The fourth-order valence-electron chi connectivity index (χ4n) is 4.22. The Balaban J connectivity index is 1.45. The van der Waals surface area contributed by atoms with Crippen molar-refractivity contribution >= 4 is 39.7 Å². The predicted octanol–water partition coefficient (Wildman–Crippen LogP) is 4.95. The zero-order valence-electron chi connectivity index (χ0n) is 20.6. The maximum atomic E-state index is 13.5. The standard InChI is InChI=1S/C26H30ClFN6O2/c1-16(29)19-14-34(9-7-22(19)30-2)8-4-10-36-25-12-18-23(13-24(25)35-3)31-15-32-26(18)33-17-5-6-21(28)20(27)11-17/h5-6,11-13,15H,4,7-10,14,29H2,1-3H3,(H,31,32,33)/b19-16-,30-22?. The van der Waals surface area contributed by atoms with E-state index in [9.17, 15) is 4.39 Å². The van der Waals surface area contributed by atoms with Crippen molar-refractivity contribution in [2.24, 2.45) is 10.7 Å². The van der Waals surface area contributed by atoms with Crippen LogP contribution < -0.4 is 20.5 Å². The van der Waals surface area contributed by atoms with Crippen LogP contribution in [0.4, 0.5) is 15.9 Å². The number of nitrogens with two attached hydrogens (primary N) is 1. The van der Waals surface area contributed by atoms with Crippen LogP contribution in [0.2, 0.25) is 5.02 Å². The number of aliphatic imine (C=N–C) groups is 1. The van der Waals surface area contributed by atoms with Crippen LogP contribution in [0.15, 0.2) is 52.9 Å². The number of rotatable bonds is 8. The fraction of sp³-hybridized carbons (Fsp3) is 0.346. The third kappa shape index (κ3) is 5.85. The summed E-state index contributed by atoms with van der Waals surface area (Å²) in [5.41, 5.74) is 10.4. The molecule has 4 rings (SSSR count). The molecule has 0 bridgehead atoms. The van der Waals surface area contributed by atoms with E-state index in [1.807, 2.05) is 26.1 Å². The molecule has 3 N–H and O–H groups in total. The van der Waals surface area contributed by atoms with Crippen LogP contribution in [0.25, 0.3) is 10.9 Å². The van der Waals surface area contributed by atoms with E-state index in [4.69, 9.17) is 26.8 Å². The molecule has 1 saturated heterocycles. The van der Waals surface area contributed by atoms with E-state index < -0.39 is 5.82 Å². The van der Waals surface area contributed by atoms with Gasteiger partial charge in [-0.05, 0) is 37.6 Å². The molecule has 36 heavy (non-hydrogen) atoms. The number of methoxy groups -OCH3 is 1. The first kappa shape index (κ1) is 25.7. The van der Waals surface area contributed by atoms with Gasteiger partial charge in [-0.2, -0.15) is 0 Å². The molecule has 0 radical (unpaired) electrons. The summed E-state index contributed by atoms with van der Waals surface area (Å²) in [6, 6.07) is 8.07. The van der Waals surface area contributed by atoms with Gasteiger partial charge >= 0.3 is 0 Å². The lowest BCUT2D eigenvalue weighted by atomic mass is 10.0. The van der Waals surface area contributed by atoms with Crippen molar-refractivity contribution in [1.82, 2.24) is 14.9 Å². The third-order valence-electron chi connectivity index (χ3n) is 6.12. The molecule has 1 fully saturated rings. The number of piperidine rings is 1. The number of hydrogen-bond donors (Lipinski definition) is 2. The van der Waals surface area contributed by atoms with Crippen LogP contribution in [0, 0.1) is 5.82 Å². The third-order valence-corrected chi connectivity index (χ3v) is 6.41. The zero-order chi connectivity index (χ0) is 25.7. The van der Waals surface area contributed by atoms with E-state index >= 15 is 0 Å². The lowest BCUT2D eigenvalue weighted by Gasteiger charge is -2.30. The maximum Gasteiger partial charge on any atom is 0.162 e. The molecule has 0 spiro atoms. The van der Waals surface area contributed by atoms with Gasteiger partial charge < -0.3 is 20.5 Å². The van der Waals surface area contributed by atoms with Gasteiger partial charge in [-0.15, -0.1) is 0 Å². The average Bonchev–Trinajstić information content (AvgIpc) is 2.88. The molecule has 8 nitrogen and oxygen atoms in total. The number of allylic oxidation sites excluding steroid dienone is 1. The van der Waals surface area contributed by atoms with Gasteiger partial charge in [0.15, 0.2) is 11.5 Å². The average molecular weight is 513 g/mol. The van der Waals surface area contributed by atoms with Crippen molar-refractivity contribution < 1.29 is 13.9 Å². The minimum Gasteiger partial charge on any atom is -0.493 e. The summed E-state index contributed by atoms with van der Waals surface area (Å²) in [6.07, 6.45) is 3.19.